The molecule has 3 rings (SSSR count). The van der Waals surface area contributed by atoms with Crippen LogP contribution in [0.2, 0.25) is 0 Å². The molecule has 1 aliphatic rings. The van der Waals surface area contributed by atoms with Gasteiger partial charge in [-0.3, -0.25) is 4.57 Å². The van der Waals surface area contributed by atoms with Crippen LogP contribution in [0.3, 0.4) is 0 Å². The van der Waals surface area contributed by atoms with Crippen molar-refractivity contribution in [3.63, 3.8) is 0 Å². The lowest BCUT2D eigenvalue weighted by Gasteiger charge is -2.27. The van der Waals surface area contributed by atoms with Crippen molar-refractivity contribution in [3.05, 3.63) is 42.5 Å². The summed E-state index contributed by atoms with van der Waals surface area (Å²) in [6.07, 6.45) is 4.08. The predicted octanol–water partition coefficient (Wildman–Crippen LogP) is 2.12. The molecule has 1 fully saturated rings. The molecule has 2 aromatic rings. The van der Waals surface area contributed by atoms with Crippen molar-refractivity contribution in [1.82, 2.24) is 20.1 Å². The molecular weight excluding hydrogens is 224 g/mol. The van der Waals surface area contributed by atoms with Crippen LogP contribution in [-0.4, -0.2) is 27.4 Å². The third-order valence-corrected chi connectivity index (χ3v) is 3.60. The first-order chi connectivity index (χ1) is 8.84. The molecule has 1 aromatic heterocycles. The van der Waals surface area contributed by atoms with E-state index in [1.807, 2.05) is 24.5 Å². The van der Waals surface area contributed by atoms with Gasteiger partial charge in [0.05, 0.1) is 0 Å². The molecule has 0 spiro atoms. The molecule has 0 saturated carbocycles. The molecule has 1 aromatic carbocycles. The summed E-state index contributed by atoms with van der Waals surface area (Å²) in [6, 6.07) is 10.9. The minimum atomic E-state index is 0.504. The average Bonchev–Trinajstić information content (AvgIpc) is 2.89. The van der Waals surface area contributed by atoms with Crippen LogP contribution in [0.1, 0.15) is 31.5 Å². The van der Waals surface area contributed by atoms with Crippen LogP contribution in [0, 0.1) is 0 Å². The number of aromatic nitrogens is 3. The topological polar surface area (TPSA) is 42.7 Å². The second kappa shape index (κ2) is 4.90. The molecular formula is C14H18N4. The van der Waals surface area contributed by atoms with Crippen molar-refractivity contribution >= 4 is 0 Å². The fourth-order valence-electron chi connectivity index (χ4n) is 2.68. The molecule has 94 valence electrons. The summed E-state index contributed by atoms with van der Waals surface area (Å²) < 4.78 is 2.11. The lowest BCUT2D eigenvalue weighted by Crippen LogP contribution is -2.35. The number of rotatable bonds is 2. The summed E-state index contributed by atoms with van der Waals surface area (Å²) in [6.45, 7) is 3.29. The lowest BCUT2D eigenvalue weighted by atomic mass is 9.92. The fourth-order valence-corrected chi connectivity index (χ4v) is 2.68. The largest absolute Gasteiger partial charge is 0.314 e. The van der Waals surface area contributed by atoms with E-state index in [2.05, 4.69) is 39.1 Å². The minimum Gasteiger partial charge on any atom is -0.314 e. The Balaban J connectivity index is 1.92. The molecule has 2 unspecified atom stereocenters. The Morgan fingerprint density at radius 1 is 1.28 bits per heavy atom. The SMILES string of the molecule is CC1CC(c2nncn2-c2ccccc2)CCN1. The monoisotopic (exact) mass is 242 g/mol. The van der Waals surface area contributed by atoms with Gasteiger partial charge in [-0.2, -0.15) is 0 Å². The highest BCUT2D eigenvalue weighted by atomic mass is 15.3. The maximum absolute atomic E-state index is 4.34. The van der Waals surface area contributed by atoms with Gasteiger partial charge in [-0.1, -0.05) is 18.2 Å². The van der Waals surface area contributed by atoms with Gasteiger partial charge in [0, 0.05) is 17.6 Å². The second-order valence-electron chi connectivity index (χ2n) is 4.97. The first kappa shape index (κ1) is 11.4. The molecule has 0 radical (unpaired) electrons. The fraction of sp³-hybridized carbons (Fsp3) is 0.429. The highest BCUT2D eigenvalue weighted by Gasteiger charge is 2.24. The second-order valence-corrected chi connectivity index (χ2v) is 4.97. The molecule has 18 heavy (non-hydrogen) atoms. The van der Waals surface area contributed by atoms with E-state index in [0.29, 0.717) is 12.0 Å². The Bertz CT molecular complexity index is 506. The number of hydrogen-bond acceptors (Lipinski definition) is 3. The van der Waals surface area contributed by atoms with E-state index in [0.717, 1.165) is 30.9 Å². The summed E-state index contributed by atoms with van der Waals surface area (Å²) in [4.78, 5) is 0. The molecule has 1 aliphatic heterocycles. The molecule has 0 aliphatic carbocycles. The van der Waals surface area contributed by atoms with Crippen molar-refractivity contribution in [1.29, 1.82) is 0 Å². The summed E-state index contributed by atoms with van der Waals surface area (Å²) in [5.41, 5.74) is 1.14. The Hall–Kier alpha value is -1.68. The van der Waals surface area contributed by atoms with Gasteiger partial charge < -0.3 is 5.32 Å². The van der Waals surface area contributed by atoms with Crippen molar-refractivity contribution in [2.45, 2.75) is 31.7 Å². The normalized spacial score (nSPS) is 24.1. The zero-order valence-electron chi connectivity index (χ0n) is 10.6. The van der Waals surface area contributed by atoms with Gasteiger partial charge in [0.15, 0.2) is 0 Å². The lowest BCUT2D eigenvalue weighted by molar-refractivity contribution is 0.368. The van der Waals surface area contributed by atoms with Gasteiger partial charge in [0.2, 0.25) is 0 Å². The van der Waals surface area contributed by atoms with Gasteiger partial charge in [0.1, 0.15) is 12.2 Å². The summed E-state index contributed by atoms with van der Waals surface area (Å²) in [7, 11) is 0. The maximum Gasteiger partial charge on any atom is 0.140 e. The predicted molar refractivity (Wildman–Crippen MR) is 70.8 cm³/mol. The highest BCUT2D eigenvalue weighted by molar-refractivity contribution is 5.32. The molecule has 2 atom stereocenters. The molecule has 0 amide bonds. The van der Waals surface area contributed by atoms with Gasteiger partial charge in [-0.15, -0.1) is 10.2 Å². The first-order valence-corrected chi connectivity index (χ1v) is 6.53. The van der Waals surface area contributed by atoms with Crippen LogP contribution in [0.15, 0.2) is 36.7 Å². The van der Waals surface area contributed by atoms with Gasteiger partial charge >= 0.3 is 0 Å². The first-order valence-electron chi connectivity index (χ1n) is 6.53. The number of benzene rings is 1. The zero-order valence-corrected chi connectivity index (χ0v) is 10.6. The average molecular weight is 242 g/mol. The Morgan fingerprint density at radius 3 is 2.89 bits per heavy atom. The molecule has 4 heteroatoms. The Kier molecular flexibility index (Phi) is 3.11. The van der Waals surface area contributed by atoms with Crippen LogP contribution in [-0.2, 0) is 0 Å². The highest BCUT2D eigenvalue weighted by Crippen LogP contribution is 2.27. The van der Waals surface area contributed by atoms with E-state index in [1.54, 1.807) is 0 Å². The summed E-state index contributed by atoms with van der Waals surface area (Å²) in [5.74, 6) is 1.60. The van der Waals surface area contributed by atoms with E-state index in [-0.39, 0.29) is 0 Å². The quantitative estimate of drug-likeness (QED) is 0.877. The van der Waals surface area contributed by atoms with Crippen molar-refractivity contribution < 1.29 is 0 Å². The standard InChI is InChI=1S/C14H18N4/c1-11-9-12(7-8-15-11)14-17-16-10-18(14)13-5-3-2-4-6-13/h2-6,10-12,15H,7-9H2,1H3. The number of nitrogens with zero attached hydrogens (tertiary/aromatic N) is 3. The minimum absolute atomic E-state index is 0.504. The smallest absolute Gasteiger partial charge is 0.140 e. The summed E-state index contributed by atoms with van der Waals surface area (Å²) in [5, 5.41) is 11.9. The van der Waals surface area contributed by atoms with Gasteiger partial charge in [-0.05, 0) is 38.4 Å². The molecule has 1 N–H and O–H groups in total. The number of hydrogen-bond donors (Lipinski definition) is 1. The van der Waals surface area contributed by atoms with Crippen LogP contribution in [0.5, 0.6) is 0 Å². The van der Waals surface area contributed by atoms with E-state index in [4.69, 9.17) is 0 Å². The third kappa shape index (κ3) is 2.16. The number of nitrogens with one attached hydrogen (secondary N) is 1. The van der Waals surface area contributed by atoms with Crippen molar-refractivity contribution in [2.24, 2.45) is 0 Å². The molecule has 2 heterocycles. The van der Waals surface area contributed by atoms with Crippen LogP contribution < -0.4 is 5.32 Å². The molecule has 4 nitrogen and oxygen atoms in total. The van der Waals surface area contributed by atoms with Crippen LogP contribution in [0.25, 0.3) is 5.69 Å². The van der Waals surface area contributed by atoms with Gasteiger partial charge in [0.25, 0.3) is 0 Å². The number of para-hydroxylation sites is 1. The van der Waals surface area contributed by atoms with E-state index in [1.165, 1.54) is 0 Å². The van der Waals surface area contributed by atoms with Gasteiger partial charge in [-0.25, -0.2) is 0 Å². The Morgan fingerprint density at radius 2 is 2.11 bits per heavy atom. The molecule has 1 saturated heterocycles. The summed E-state index contributed by atoms with van der Waals surface area (Å²) >= 11 is 0. The van der Waals surface area contributed by atoms with E-state index >= 15 is 0 Å². The van der Waals surface area contributed by atoms with Crippen molar-refractivity contribution in [3.8, 4) is 5.69 Å². The molecule has 0 bridgehead atoms. The third-order valence-electron chi connectivity index (χ3n) is 3.60. The Labute approximate surface area is 107 Å². The van der Waals surface area contributed by atoms with Crippen LogP contribution >= 0.6 is 0 Å². The van der Waals surface area contributed by atoms with E-state index in [9.17, 15) is 0 Å². The van der Waals surface area contributed by atoms with Crippen LogP contribution in [0.4, 0.5) is 0 Å². The number of piperidine rings is 1. The maximum atomic E-state index is 4.34. The van der Waals surface area contributed by atoms with Crippen molar-refractivity contribution in [2.75, 3.05) is 6.54 Å². The zero-order chi connectivity index (χ0) is 12.4. The van der Waals surface area contributed by atoms with E-state index < -0.39 is 0 Å².